The molecule has 0 N–H and O–H groups in total. The molecule has 0 aliphatic carbocycles. The molecular weight excluding hydrogens is 219 g/mol. The van der Waals surface area contributed by atoms with Crippen molar-refractivity contribution in [2.24, 2.45) is 0 Å². The van der Waals surface area contributed by atoms with E-state index in [-0.39, 0.29) is 0 Å². The van der Waals surface area contributed by atoms with Crippen molar-refractivity contribution in [1.82, 2.24) is 0 Å². The standard InChI is InChI=1S/C9H12BrP/c10-7-9-3-1-8(2-4-9)5-6-11/h1-4H,5-7,11H2. The second-order valence-electron chi connectivity index (χ2n) is 2.49. The van der Waals surface area contributed by atoms with Crippen LogP contribution in [0.1, 0.15) is 11.1 Å². The molecule has 0 nitrogen and oxygen atoms in total. The Balaban J connectivity index is 2.66. The molecular formula is C9H12BrP. The number of benzene rings is 1. The van der Waals surface area contributed by atoms with Gasteiger partial charge in [0.05, 0.1) is 0 Å². The van der Waals surface area contributed by atoms with Crippen molar-refractivity contribution in [3.63, 3.8) is 0 Å². The van der Waals surface area contributed by atoms with Crippen LogP contribution in [0.25, 0.3) is 0 Å². The summed E-state index contributed by atoms with van der Waals surface area (Å²) in [4.78, 5) is 0. The monoisotopic (exact) mass is 230 g/mol. The highest BCUT2D eigenvalue weighted by Gasteiger charge is 1.91. The van der Waals surface area contributed by atoms with E-state index in [1.807, 2.05) is 0 Å². The molecule has 0 saturated heterocycles. The van der Waals surface area contributed by atoms with E-state index in [4.69, 9.17) is 0 Å². The van der Waals surface area contributed by atoms with Gasteiger partial charge in [0.1, 0.15) is 0 Å². The van der Waals surface area contributed by atoms with Crippen LogP contribution in [0.4, 0.5) is 0 Å². The molecule has 11 heavy (non-hydrogen) atoms. The third kappa shape index (κ3) is 2.92. The van der Waals surface area contributed by atoms with Crippen LogP contribution in [0, 0.1) is 0 Å². The van der Waals surface area contributed by atoms with Crippen LogP contribution in [-0.4, -0.2) is 6.16 Å². The van der Waals surface area contributed by atoms with Crippen LogP contribution in [0.3, 0.4) is 0 Å². The van der Waals surface area contributed by atoms with E-state index in [9.17, 15) is 0 Å². The molecule has 0 spiro atoms. The first kappa shape index (κ1) is 9.22. The molecule has 1 aromatic carbocycles. The molecule has 0 bridgehead atoms. The van der Waals surface area contributed by atoms with Crippen LogP contribution < -0.4 is 0 Å². The molecule has 1 unspecified atom stereocenters. The summed E-state index contributed by atoms with van der Waals surface area (Å²) in [6.45, 7) is 0. The Morgan fingerprint density at radius 2 is 1.64 bits per heavy atom. The molecule has 60 valence electrons. The first-order chi connectivity index (χ1) is 5.36. The van der Waals surface area contributed by atoms with Crippen molar-refractivity contribution in [3.05, 3.63) is 35.4 Å². The lowest BCUT2D eigenvalue weighted by Gasteiger charge is -1.98. The summed E-state index contributed by atoms with van der Waals surface area (Å²) in [6.07, 6.45) is 2.31. The minimum absolute atomic E-state index is 0.953. The number of hydrogen-bond acceptors (Lipinski definition) is 0. The number of aryl methyl sites for hydroxylation is 1. The SMILES string of the molecule is PCCc1ccc(CBr)cc1. The molecule has 1 aromatic rings. The minimum atomic E-state index is 0.953. The van der Waals surface area contributed by atoms with Gasteiger partial charge in [-0.3, -0.25) is 0 Å². The molecule has 0 fully saturated rings. The van der Waals surface area contributed by atoms with Crippen LogP contribution in [0.2, 0.25) is 0 Å². The predicted octanol–water partition coefficient (Wildman–Crippen LogP) is 3.00. The minimum Gasteiger partial charge on any atom is -0.137 e. The Hall–Kier alpha value is 0.130. The molecule has 1 rings (SSSR count). The van der Waals surface area contributed by atoms with Gasteiger partial charge in [-0.05, 0) is 23.7 Å². The highest BCUT2D eigenvalue weighted by molar-refractivity contribution is 9.08. The Morgan fingerprint density at radius 3 is 2.09 bits per heavy atom. The second kappa shape index (κ2) is 4.90. The van der Waals surface area contributed by atoms with Crippen molar-refractivity contribution in [2.45, 2.75) is 11.8 Å². The van der Waals surface area contributed by atoms with E-state index in [0.717, 1.165) is 17.9 Å². The molecule has 0 saturated carbocycles. The summed E-state index contributed by atoms with van der Waals surface area (Å²) < 4.78 is 0. The summed E-state index contributed by atoms with van der Waals surface area (Å²) in [5.41, 5.74) is 2.77. The molecule has 0 radical (unpaired) electrons. The van der Waals surface area contributed by atoms with Crippen molar-refractivity contribution in [1.29, 1.82) is 0 Å². The van der Waals surface area contributed by atoms with Gasteiger partial charge in [-0.1, -0.05) is 40.2 Å². The fraction of sp³-hybridized carbons (Fsp3) is 0.333. The predicted molar refractivity (Wildman–Crippen MR) is 57.4 cm³/mol. The van der Waals surface area contributed by atoms with Gasteiger partial charge >= 0.3 is 0 Å². The average molecular weight is 231 g/mol. The quantitative estimate of drug-likeness (QED) is 0.554. The zero-order valence-corrected chi connectivity index (χ0v) is 9.13. The molecule has 0 amide bonds. The van der Waals surface area contributed by atoms with Gasteiger partial charge in [-0.2, -0.15) is 0 Å². The Morgan fingerprint density at radius 1 is 1.09 bits per heavy atom. The van der Waals surface area contributed by atoms with Crippen LogP contribution in [0.5, 0.6) is 0 Å². The number of hydrogen-bond donors (Lipinski definition) is 0. The van der Waals surface area contributed by atoms with E-state index < -0.39 is 0 Å². The molecule has 0 heterocycles. The van der Waals surface area contributed by atoms with Gasteiger partial charge in [0.15, 0.2) is 0 Å². The normalized spacial score (nSPS) is 10.0. The Bertz CT molecular complexity index is 205. The molecule has 2 heteroatoms. The summed E-state index contributed by atoms with van der Waals surface area (Å²) in [6, 6.07) is 8.73. The Labute approximate surface area is 78.7 Å². The largest absolute Gasteiger partial charge is 0.137 e. The van der Waals surface area contributed by atoms with E-state index in [2.05, 4.69) is 49.4 Å². The first-order valence-corrected chi connectivity index (χ1v) is 5.64. The molecule has 0 aliphatic rings. The zero-order valence-electron chi connectivity index (χ0n) is 6.39. The summed E-state index contributed by atoms with van der Waals surface area (Å²) >= 11 is 3.42. The maximum absolute atomic E-state index is 3.42. The third-order valence-electron chi connectivity index (χ3n) is 1.61. The smallest absolute Gasteiger partial charge is 0.0283 e. The van der Waals surface area contributed by atoms with E-state index in [1.54, 1.807) is 0 Å². The first-order valence-electron chi connectivity index (χ1n) is 3.70. The van der Waals surface area contributed by atoms with Gasteiger partial charge in [0.25, 0.3) is 0 Å². The average Bonchev–Trinajstić information content (AvgIpc) is 2.07. The summed E-state index contributed by atoms with van der Waals surface area (Å²) in [7, 11) is 2.74. The zero-order chi connectivity index (χ0) is 8.10. The lowest BCUT2D eigenvalue weighted by molar-refractivity contribution is 1.15. The second-order valence-corrected chi connectivity index (χ2v) is 3.63. The summed E-state index contributed by atoms with van der Waals surface area (Å²) in [5.74, 6) is 0. The fourth-order valence-corrected chi connectivity index (χ4v) is 1.67. The van der Waals surface area contributed by atoms with E-state index >= 15 is 0 Å². The molecule has 0 aromatic heterocycles. The van der Waals surface area contributed by atoms with Gasteiger partial charge in [-0.15, -0.1) is 9.24 Å². The Kier molecular flexibility index (Phi) is 4.11. The summed E-state index contributed by atoms with van der Waals surface area (Å²) in [5, 5.41) is 0.953. The van der Waals surface area contributed by atoms with Crippen molar-refractivity contribution < 1.29 is 0 Å². The number of rotatable bonds is 3. The third-order valence-corrected chi connectivity index (χ3v) is 2.55. The highest BCUT2D eigenvalue weighted by Crippen LogP contribution is 2.08. The fourth-order valence-electron chi connectivity index (χ4n) is 0.962. The molecule has 1 atom stereocenters. The van der Waals surface area contributed by atoms with Gasteiger partial charge < -0.3 is 0 Å². The van der Waals surface area contributed by atoms with Gasteiger partial charge in [-0.25, -0.2) is 0 Å². The maximum Gasteiger partial charge on any atom is 0.0283 e. The molecule has 0 aliphatic heterocycles. The van der Waals surface area contributed by atoms with Crippen molar-refractivity contribution in [2.75, 3.05) is 6.16 Å². The van der Waals surface area contributed by atoms with Crippen LogP contribution >= 0.6 is 25.2 Å². The number of halogens is 1. The van der Waals surface area contributed by atoms with Gasteiger partial charge in [0, 0.05) is 5.33 Å². The van der Waals surface area contributed by atoms with Gasteiger partial charge in [0.2, 0.25) is 0 Å². The topological polar surface area (TPSA) is 0 Å². The maximum atomic E-state index is 3.42. The van der Waals surface area contributed by atoms with E-state index in [1.165, 1.54) is 11.1 Å². The lowest BCUT2D eigenvalue weighted by Crippen LogP contribution is -1.85. The number of alkyl halides is 1. The van der Waals surface area contributed by atoms with Crippen LogP contribution in [-0.2, 0) is 11.8 Å². The van der Waals surface area contributed by atoms with Crippen molar-refractivity contribution in [3.8, 4) is 0 Å². The van der Waals surface area contributed by atoms with E-state index in [0.29, 0.717) is 0 Å². The lowest BCUT2D eigenvalue weighted by atomic mass is 10.1. The highest BCUT2D eigenvalue weighted by atomic mass is 79.9. The van der Waals surface area contributed by atoms with Crippen molar-refractivity contribution >= 4 is 25.2 Å². The van der Waals surface area contributed by atoms with Crippen LogP contribution in [0.15, 0.2) is 24.3 Å².